The van der Waals surface area contributed by atoms with Gasteiger partial charge < -0.3 is 19.8 Å². The third kappa shape index (κ3) is 3.83. The molecule has 2 N–H and O–H groups in total. The molecule has 2 amide bonds. The van der Waals surface area contributed by atoms with Gasteiger partial charge in [-0.05, 0) is 18.6 Å². The smallest absolute Gasteiger partial charge is 0.420 e. The highest BCUT2D eigenvalue weighted by Gasteiger charge is 2.34. The molecule has 2 heterocycles. The zero-order valence-corrected chi connectivity index (χ0v) is 16.9. The number of nitrogens with zero attached hydrogens (tertiary/aromatic N) is 2. The van der Waals surface area contributed by atoms with Gasteiger partial charge in [0, 0.05) is 12.1 Å². The largest absolute Gasteiger partial charge is 0.463 e. The van der Waals surface area contributed by atoms with Gasteiger partial charge in [0.25, 0.3) is 5.69 Å². The fourth-order valence-electron chi connectivity index (χ4n) is 3.56. The number of hydrogen-bond donors (Lipinski definition) is 2. The number of nitrogens with one attached hydrogen (secondary N) is 2. The topological polar surface area (TPSA) is 146 Å². The predicted molar refractivity (Wildman–Crippen MR) is 112 cm³/mol. The first-order valence-electron chi connectivity index (χ1n) is 9.69. The maximum absolute atomic E-state index is 12.8. The van der Waals surface area contributed by atoms with Crippen LogP contribution >= 0.6 is 0 Å². The molecular formula is C21H18N4O7. The molecule has 11 heteroatoms. The Morgan fingerprint density at radius 2 is 1.97 bits per heavy atom. The first-order chi connectivity index (χ1) is 15.4. The molecule has 164 valence electrons. The number of nitro benzene ring substituents is 1. The van der Waals surface area contributed by atoms with Crippen molar-refractivity contribution >= 4 is 28.8 Å². The summed E-state index contributed by atoms with van der Waals surface area (Å²) in [5.41, 5.74) is 0.940. The summed E-state index contributed by atoms with van der Waals surface area (Å²) in [6, 6.07) is 11.2. The quantitative estimate of drug-likeness (QED) is 0.341. The van der Waals surface area contributed by atoms with Gasteiger partial charge in [0.05, 0.1) is 40.9 Å². The van der Waals surface area contributed by atoms with E-state index in [1.807, 2.05) is 0 Å². The molecule has 0 fully saturated rings. The zero-order chi connectivity index (χ0) is 22.8. The maximum atomic E-state index is 12.8. The highest BCUT2D eigenvalue weighted by molar-refractivity contribution is 5.95. The van der Waals surface area contributed by atoms with E-state index in [-0.39, 0.29) is 41.2 Å². The van der Waals surface area contributed by atoms with E-state index >= 15 is 0 Å². The van der Waals surface area contributed by atoms with Crippen molar-refractivity contribution in [1.82, 2.24) is 15.2 Å². The van der Waals surface area contributed by atoms with E-state index in [4.69, 9.17) is 9.15 Å². The molecule has 0 saturated heterocycles. The minimum Gasteiger partial charge on any atom is -0.463 e. The van der Waals surface area contributed by atoms with E-state index in [1.54, 1.807) is 37.3 Å². The molecule has 3 aromatic rings. The van der Waals surface area contributed by atoms with Crippen LogP contribution < -0.4 is 16.4 Å². The lowest BCUT2D eigenvalue weighted by atomic mass is 9.95. The number of carbonyl (C=O) groups excluding carboxylic acids is 2. The van der Waals surface area contributed by atoms with E-state index in [0.717, 1.165) is 4.57 Å². The summed E-state index contributed by atoms with van der Waals surface area (Å²) in [4.78, 5) is 48.3. The predicted octanol–water partition coefficient (Wildman–Crippen LogP) is 2.37. The van der Waals surface area contributed by atoms with Crippen LogP contribution in [0.3, 0.4) is 0 Å². The lowest BCUT2D eigenvalue weighted by Crippen LogP contribution is -2.47. The normalized spacial score (nSPS) is 15.9. The van der Waals surface area contributed by atoms with Crippen molar-refractivity contribution < 1.29 is 23.7 Å². The lowest BCUT2D eigenvalue weighted by molar-refractivity contribution is -0.384. The molecule has 4 rings (SSSR count). The first-order valence-corrected chi connectivity index (χ1v) is 9.69. The monoisotopic (exact) mass is 438 g/mol. The van der Waals surface area contributed by atoms with Crippen LogP contribution in [-0.2, 0) is 16.1 Å². The van der Waals surface area contributed by atoms with Crippen LogP contribution in [0.2, 0.25) is 0 Å². The van der Waals surface area contributed by atoms with Gasteiger partial charge in [0.1, 0.15) is 0 Å². The lowest BCUT2D eigenvalue weighted by Gasteiger charge is -2.29. The Morgan fingerprint density at radius 3 is 2.66 bits per heavy atom. The van der Waals surface area contributed by atoms with Crippen molar-refractivity contribution in [2.45, 2.75) is 19.5 Å². The van der Waals surface area contributed by atoms with E-state index in [0.29, 0.717) is 5.56 Å². The molecule has 1 aromatic heterocycles. The molecule has 1 atom stereocenters. The number of benzene rings is 2. The van der Waals surface area contributed by atoms with Gasteiger partial charge in [-0.2, -0.15) is 0 Å². The van der Waals surface area contributed by atoms with Crippen molar-refractivity contribution in [3.63, 3.8) is 0 Å². The summed E-state index contributed by atoms with van der Waals surface area (Å²) >= 11 is 0. The molecule has 11 nitrogen and oxygen atoms in total. The number of esters is 1. The van der Waals surface area contributed by atoms with Gasteiger partial charge >= 0.3 is 17.8 Å². The molecule has 0 saturated carbocycles. The number of nitro groups is 1. The van der Waals surface area contributed by atoms with Crippen LogP contribution in [0.25, 0.3) is 11.1 Å². The Hall–Kier alpha value is -4.41. The van der Waals surface area contributed by atoms with Crippen LogP contribution in [0.4, 0.5) is 10.5 Å². The summed E-state index contributed by atoms with van der Waals surface area (Å²) in [6.07, 6.45) is 0. The summed E-state index contributed by atoms with van der Waals surface area (Å²) in [5.74, 6) is -1.46. The van der Waals surface area contributed by atoms with Gasteiger partial charge in [-0.25, -0.2) is 14.4 Å². The number of carbonyl (C=O) groups is 2. The van der Waals surface area contributed by atoms with Gasteiger partial charge in [-0.1, -0.05) is 30.3 Å². The highest BCUT2D eigenvalue weighted by atomic mass is 16.6. The van der Waals surface area contributed by atoms with Gasteiger partial charge in [-0.3, -0.25) is 14.7 Å². The number of oxazole rings is 1. The molecule has 0 aliphatic carbocycles. The summed E-state index contributed by atoms with van der Waals surface area (Å²) in [5, 5.41) is 16.4. The molecule has 1 unspecified atom stereocenters. The number of amides is 2. The Balaban J connectivity index is 1.87. The molecule has 1 aliphatic heterocycles. The minimum absolute atomic E-state index is 0.103. The van der Waals surface area contributed by atoms with Gasteiger partial charge in [0.2, 0.25) is 0 Å². The SMILES string of the molecule is CCOC(=O)C1=C(Cn2c(=O)oc3ccc([N+](=O)[O-])cc32)NC(=O)NC1c1ccccc1. The van der Waals surface area contributed by atoms with Crippen LogP contribution in [0, 0.1) is 10.1 Å². The van der Waals surface area contributed by atoms with Gasteiger partial charge in [-0.15, -0.1) is 0 Å². The molecule has 2 aromatic carbocycles. The summed E-state index contributed by atoms with van der Waals surface area (Å²) in [6.45, 7) is 1.49. The second kappa shape index (κ2) is 8.38. The summed E-state index contributed by atoms with van der Waals surface area (Å²) in [7, 11) is 0. The highest BCUT2D eigenvalue weighted by Crippen LogP contribution is 2.29. The Morgan fingerprint density at radius 1 is 1.22 bits per heavy atom. The van der Waals surface area contributed by atoms with Crippen LogP contribution in [0.1, 0.15) is 18.5 Å². The van der Waals surface area contributed by atoms with E-state index in [2.05, 4.69) is 10.6 Å². The van der Waals surface area contributed by atoms with Gasteiger partial charge in [0.15, 0.2) is 5.58 Å². The van der Waals surface area contributed by atoms with Crippen LogP contribution in [0.15, 0.2) is 69.0 Å². The number of aromatic nitrogens is 1. The van der Waals surface area contributed by atoms with E-state index in [1.165, 1.54) is 18.2 Å². The third-order valence-corrected chi connectivity index (χ3v) is 4.96. The van der Waals surface area contributed by atoms with Crippen LogP contribution in [0.5, 0.6) is 0 Å². The fourth-order valence-corrected chi connectivity index (χ4v) is 3.56. The Bertz CT molecular complexity index is 1310. The minimum atomic E-state index is -0.817. The fraction of sp³-hybridized carbons (Fsp3) is 0.190. The van der Waals surface area contributed by atoms with Crippen molar-refractivity contribution in [1.29, 1.82) is 0 Å². The standard InChI is InChI=1S/C21H18N4O7/c1-2-31-19(26)17-14(22-20(27)23-18(17)12-6-4-3-5-7-12)11-24-15-10-13(25(29)30)8-9-16(15)32-21(24)28/h3-10,18H,2,11H2,1H3,(H2,22,23,27). The number of hydrogen-bond acceptors (Lipinski definition) is 7. The van der Waals surface area contributed by atoms with Crippen molar-refractivity contribution in [2.75, 3.05) is 6.61 Å². The average molecular weight is 438 g/mol. The molecule has 1 aliphatic rings. The molecule has 0 spiro atoms. The molecule has 32 heavy (non-hydrogen) atoms. The van der Waals surface area contributed by atoms with Crippen molar-refractivity contribution in [3.8, 4) is 0 Å². The Kier molecular flexibility index (Phi) is 5.46. The first kappa shape index (κ1) is 20.8. The second-order valence-corrected chi connectivity index (χ2v) is 6.92. The Labute approximate surface area is 180 Å². The summed E-state index contributed by atoms with van der Waals surface area (Å²) < 4.78 is 11.5. The van der Waals surface area contributed by atoms with Crippen molar-refractivity contribution in [3.05, 3.63) is 86.0 Å². The number of urea groups is 1. The molecule has 0 bridgehead atoms. The molecule has 0 radical (unpaired) electrons. The number of ether oxygens (including phenoxy) is 1. The van der Waals surface area contributed by atoms with E-state index < -0.39 is 28.7 Å². The average Bonchev–Trinajstić information content (AvgIpc) is 3.08. The maximum Gasteiger partial charge on any atom is 0.420 e. The molecular weight excluding hydrogens is 420 g/mol. The number of fused-ring (bicyclic) bond motifs is 1. The number of non-ortho nitro benzene ring substituents is 1. The zero-order valence-electron chi connectivity index (χ0n) is 16.9. The number of allylic oxidation sites excluding steroid dienone is 1. The van der Waals surface area contributed by atoms with Crippen LogP contribution in [-0.4, -0.2) is 28.1 Å². The van der Waals surface area contributed by atoms with Crippen molar-refractivity contribution in [2.24, 2.45) is 0 Å². The number of rotatable bonds is 6. The second-order valence-electron chi connectivity index (χ2n) is 6.92. The van der Waals surface area contributed by atoms with E-state index in [9.17, 15) is 24.5 Å². The third-order valence-electron chi connectivity index (χ3n) is 4.96.